The van der Waals surface area contributed by atoms with Crippen LogP contribution < -0.4 is 5.32 Å². The summed E-state index contributed by atoms with van der Waals surface area (Å²) >= 11 is 0. The zero-order valence-electron chi connectivity index (χ0n) is 10.8. The van der Waals surface area contributed by atoms with Crippen LogP contribution in [0.3, 0.4) is 0 Å². The van der Waals surface area contributed by atoms with Crippen LogP contribution in [0.25, 0.3) is 0 Å². The van der Waals surface area contributed by atoms with E-state index in [1.165, 1.54) is 28.9 Å². The lowest BCUT2D eigenvalue weighted by Gasteiger charge is -2.13. The molecular weight excluding hydrogens is 271 g/mol. The number of halogens is 3. The summed E-state index contributed by atoms with van der Waals surface area (Å²) in [7, 11) is 1.55. The number of carbonyl (C=O) groups excluding carboxylic acids is 1. The van der Waals surface area contributed by atoms with Gasteiger partial charge in [-0.1, -0.05) is 12.1 Å². The highest BCUT2D eigenvalue weighted by Gasteiger charge is 2.33. The second kappa shape index (κ2) is 4.99. The Balaban J connectivity index is 2.31. The van der Waals surface area contributed by atoms with Crippen LogP contribution in [0, 0.1) is 6.92 Å². The fraction of sp³-hybridized carbons (Fsp3) is 0.231. The van der Waals surface area contributed by atoms with Gasteiger partial charge in [0.25, 0.3) is 5.91 Å². The zero-order chi connectivity index (χ0) is 14.9. The van der Waals surface area contributed by atoms with Crippen LogP contribution in [0.2, 0.25) is 0 Å². The first-order chi connectivity index (χ1) is 9.29. The summed E-state index contributed by atoms with van der Waals surface area (Å²) in [6.45, 7) is 1.69. The first kappa shape index (κ1) is 14.1. The minimum Gasteiger partial charge on any atom is -0.320 e. The van der Waals surface area contributed by atoms with E-state index in [0.29, 0.717) is 5.69 Å². The van der Waals surface area contributed by atoms with Gasteiger partial charge in [0, 0.05) is 7.05 Å². The van der Waals surface area contributed by atoms with Gasteiger partial charge >= 0.3 is 6.18 Å². The van der Waals surface area contributed by atoms with Gasteiger partial charge in [-0.05, 0) is 25.1 Å². The number of benzene rings is 1. The number of nitrogens with zero attached hydrogens (tertiary/aromatic N) is 2. The number of hydrogen-bond acceptors (Lipinski definition) is 2. The van der Waals surface area contributed by atoms with Crippen molar-refractivity contribution in [2.24, 2.45) is 7.05 Å². The van der Waals surface area contributed by atoms with E-state index in [1.807, 2.05) is 0 Å². The van der Waals surface area contributed by atoms with Gasteiger partial charge in [0.2, 0.25) is 0 Å². The van der Waals surface area contributed by atoms with E-state index in [-0.39, 0.29) is 11.4 Å². The van der Waals surface area contributed by atoms with Gasteiger partial charge in [-0.15, -0.1) is 0 Å². The monoisotopic (exact) mass is 283 g/mol. The van der Waals surface area contributed by atoms with Crippen LogP contribution in [0.1, 0.15) is 21.7 Å². The SMILES string of the molecule is Cc1cc(C(=O)Nc2ccccc2C(F)(F)F)n(C)n1. The van der Waals surface area contributed by atoms with Gasteiger partial charge in [0.15, 0.2) is 0 Å². The van der Waals surface area contributed by atoms with Crippen LogP contribution in [-0.4, -0.2) is 15.7 Å². The van der Waals surface area contributed by atoms with Crippen LogP contribution in [-0.2, 0) is 13.2 Å². The summed E-state index contributed by atoms with van der Waals surface area (Å²) in [5.41, 5.74) is -0.350. The fourth-order valence-electron chi connectivity index (χ4n) is 1.85. The second-order valence-electron chi connectivity index (χ2n) is 4.29. The van der Waals surface area contributed by atoms with Crippen molar-refractivity contribution < 1.29 is 18.0 Å². The fourth-order valence-corrected chi connectivity index (χ4v) is 1.85. The largest absolute Gasteiger partial charge is 0.418 e. The van der Waals surface area contributed by atoms with E-state index < -0.39 is 17.6 Å². The Morgan fingerprint density at radius 2 is 1.95 bits per heavy atom. The molecule has 0 fully saturated rings. The van der Waals surface area contributed by atoms with Crippen molar-refractivity contribution in [2.75, 3.05) is 5.32 Å². The van der Waals surface area contributed by atoms with Crippen molar-refractivity contribution in [3.63, 3.8) is 0 Å². The molecule has 2 rings (SSSR count). The van der Waals surface area contributed by atoms with Crippen molar-refractivity contribution in [1.29, 1.82) is 0 Å². The molecule has 4 nitrogen and oxygen atoms in total. The molecule has 0 saturated heterocycles. The molecule has 0 saturated carbocycles. The molecule has 0 unspecified atom stereocenters. The number of rotatable bonds is 2. The Kier molecular flexibility index (Phi) is 3.52. The van der Waals surface area contributed by atoms with Crippen molar-refractivity contribution >= 4 is 11.6 Å². The van der Waals surface area contributed by atoms with Gasteiger partial charge in [-0.3, -0.25) is 9.48 Å². The predicted octanol–water partition coefficient (Wildman–Crippen LogP) is 3.00. The van der Waals surface area contributed by atoms with Crippen LogP contribution >= 0.6 is 0 Å². The van der Waals surface area contributed by atoms with Crippen molar-refractivity contribution in [3.05, 3.63) is 47.3 Å². The maximum Gasteiger partial charge on any atom is 0.418 e. The molecule has 0 aliphatic carbocycles. The Morgan fingerprint density at radius 1 is 1.30 bits per heavy atom. The second-order valence-corrected chi connectivity index (χ2v) is 4.29. The van der Waals surface area contributed by atoms with Crippen LogP contribution in [0.5, 0.6) is 0 Å². The summed E-state index contributed by atoms with van der Waals surface area (Å²) in [4.78, 5) is 12.0. The lowest BCUT2D eigenvalue weighted by Crippen LogP contribution is -2.19. The third kappa shape index (κ3) is 2.81. The van der Waals surface area contributed by atoms with Gasteiger partial charge in [0.05, 0.1) is 16.9 Å². The smallest absolute Gasteiger partial charge is 0.320 e. The number of aromatic nitrogens is 2. The third-order valence-corrected chi connectivity index (χ3v) is 2.72. The van der Waals surface area contributed by atoms with E-state index in [4.69, 9.17) is 0 Å². The average molecular weight is 283 g/mol. The molecule has 1 aromatic carbocycles. The van der Waals surface area contributed by atoms with Gasteiger partial charge in [-0.25, -0.2) is 0 Å². The maximum absolute atomic E-state index is 12.8. The van der Waals surface area contributed by atoms with E-state index in [2.05, 4.69) is 10.4 Å². The number of alkyl halides is 3. The minimum atomic E-state index is -4.52. The quantitative estimate of drug-likeness (QED) is 0.921. The van der Waals surface area contributed by atoms with Gasteiger partial charge < -0.3 is 5.32 Å². The number of nitrogens with one attached hydrogen (secondary N) is 1. The summed E-state index contributed by atoms with van der Waals surface area (Å²) in [5, 5.41) is 6.25. The molecular formula is C13H12F3N3O. The summed E-state index contributed by atoms with van der Waals surface area (Å²) < 4.78 is 39.8. The summed E-state index contributed by atoms with van der Waals surface area (Å²) in [6.07, 6.45) is -4.52. The molecule has 106 valence electrons. The molecule has 0 bridgehead atoms. The zero-order valence-corrected chi connectivity index (χ0v) is 10.8. The average Bonchev–Trinajstić information content (AvgIpc) is 2.68. The molecule has 0 aliphatic rings. The normalized spacial score (nSPS) is 11.4. The number of carbonyl (C=O) groups is 1. The summed E-state index contributed by atoms with van der Waals surface area (Å²) in [6, 6.07) is 6.34. The van der Waals surface area contributed by atoms with Crippen LogP contribution in [0.15, 0.2) is 30.3 Å². The molecule has 2 aromatic rings. The van der Waals surface area contributed by atoms with Gasteiger partial charge in [0.1, 0.15) is 5.69 Å². The lowest BCUT2D eigenvalue weighted by atomic mass is 10.1. The first-order valence-electron chi connectivity index (χ1n) is 5.77. The molecule has 7 heteroatoms. The Hall–Kier alpha value is -2.31. The first-order valence-corrected chi connectivity index (χ1v) is 5.77. The Labute approximate surface area is 113 Å². The number of aryl methyl sites for hydroxylation is 2. The number of hydrogen-bond donors (Lipinski definition) is 1. The molecule has 0 spiro atoms. The maximum atomic E-state index is 12.8. The van der Waals surface area contributed by atoms with Crippen LogP contribution in [0.4, 0.5) is 18.9 Å². The van der Waals surface area contributed by atoms with Gasteiger partial charge in [-0.2, -0.15) is 18.3 Å². The minimum absolute atomic E-state index is 0.194. The molecule has 1 heterocycles. The number of para-hydroxylation sites is 1. The standard InChI is InChI=1S/C13H12F3N3O/c1-8-7-11(19(2)18-8)12(20)17-10-6-4-3-5-9(10)13(14,15)16/h3-7H,1-2H3,(H,17,20). The molecule has 0 aliphatic heterocycles. The predicted molar refractivity (Wildman–Crippen MR) is 67.3 cm³/mol. The molecule has 20 heavy (non-hydrogen) atoms. The highest BCUT2D eigenvalue weighted by molar-refractivity contribution is 6.03. The Morgan fingerprint density at radius 3 is 2.50 bits per heavy atom. The van der Waals surface area contributed by atoms with E-state index in [1.54, 1.807) is 14.0 Å². The highest BCUT2D eigenvalue weighted by atomic mass is 19.4. The Bertz CT molecular complexity index is 647. The molecule has 1 aromatic heterocycles. The van der Waals surface area contributed by atoms with Crippen molar-refractivity contribution in [3.8, 4) is 0 Å². The van der Waals surface area contributed by atoms with Crippen molar-refractivity contribution in [1.82, 2.24) is 9.78 Å². The lowest BCUT2D eigenvalue weighted by molar-refractivity contribution is -0.136. The van der Waals surface area contributed by atoms with Crippen molar-refractivity contribution in [2.45, 2.75) is 13.1 Å². The molecule has 0 atom stereocenters. The third-order valence-electron chi connectivity index (χ3n) is 2.72. The van der Waals surface area contributed by atoms with E-state index in [0.717, 1.165) is 6.07 Å². The molecule has 1 amide bonds. The molecule has 0 radical (unpaired) electrons. The van der Waals surface area contributed by atoms with E-state index in [9.17, 15) is 18.0 Å². The van der Waals surface area contributed by atoms with E-state index >= 15 is 0 Å². The summed E-state index contributed by atoms with van der Waals surface area (Å²) in [5.74, 6) is -0.634. The highest BCUT2D eigenvalue weighted by Crippen LogP contribution is 2.34. The number of amides is 1. The molecule has 1 N–H and O–H groups in total. The topological polar surface area (TPSA) is 46.9 Å². The number of anilines is 1.